The molecule has 2 aromatic carbocycles. The fourth-order valence-electron chi connectivity index (χ4n) is 3.37. The number of hydrogen-bond acceptors (Lipinski definition) is 1. The monoisotopic (exact) mass is 310 g/mol. The third kappa shape index (κ3) is 4.86. The summed E-state index contributed by atoms with van der Waals surface area (Å²) in [4.78, 5) is 0. The third-order valence-electron chi connectivity index (χ3n) is 4.74. The van der Waals surface area contributed by atoms with Gasteiger partial charge in [0.15, 0.2) is 0 Å². The minimum atomic E-state index is 0.373. The van der Waals surface area contributed by atoms with Crippen LogP contribution in [0.25, 0.3) is 11.1 Å². The van der Waals surface area contributed by atoms with Crippen LogP contribution in [0, 0.1) is 0 Å². The maximum absolute atomic E-state index is 10.2. The van der Waals surface area contributed by atoms with E-state index in [1.165, 1.54) is 49.7 Å². The number of aromatic hydroxyl groups is 1. The zero-order valence-electron chi connectivity index (χ0n) is 14.6. The average molecular weight is 310 g/mol. The lowest BCUT2D eigenvalue weighted by atomic mass is 9.85. The van der Waals surface area contributed by atoms with Crippen LogP contribution in [-0.2, 0) is 0 Å². The van der Waals surface area contributed by atoms with E-state index < -0.39 is 0 Å². The van der Waals surface area contributed by atoms with Gasteiger partial charge in [-0.25, -0.2) is 0 Å². The van der Waals surface area contributed by atoms with Crippen LogP contribution in [0.15, 0.2) is 48.5 Å². The van der Waals surface area contributed by atoms with Gasteiger partial charge in [-0.2, -0.15) is 0 Å². The van der Waals surface area contributed by atoms with Crippen LogP contribution in [0.5, 0.6) is 5.75 Å². The number of rotatable bonds is 9. The van der Waals surface area contributed by atoms with Gasteiger partial charge in [0.05, 0.1) is 0 Å². The van der Waals surface area contributed by atoms with Crippen LogP contribution >= 0.6 is 0 Å². The summed E-state index contributed by atoms with van der Waals surface area (Å²) in [5, 5.41) is 10.2. The van der Waals surface area contributed by atoms with Gasteiger partial charge in [-0.3, -0.25) is 0 Å². The van der Waals surface area contributed by atoms with Crippen LogP contribution in [0.2, 0.25) is 0 Å². The van der Waals surface area contributed by atoms with Crippen molar-refractivity contribution < 1.29 is 5.11 Å². The average Bonchev–Trinajstić information content (AvgIpc) is 2.59. The molecule has 0 saturated carbocycles. The highest BCUT2D eigenvalue weighted by Crippen LogP contribution is 2.37. The van der Waals surface area contributed by atoms with E-state index in [9.17, 15) is 5.11 Å². The van der Waals surface area contributed by atoms with Gasteiger partial charge in [0.1, 0.15) is 5.75 Å². The van der Waals surface area contributed by atoms with Gasteiger partial charge in [-0.1, -0.05) is 88.4 Å². The third-order valence-corrected chi connectivity index (χ3v) is 4.74. The van der Waals surface area contributed by atoms with Gasteiger partial charge in [0, 0.05) is 5.56 Å². The summed E-state index contributed by atoms with van der Waals surface area (Å²) in [5.74, 6) is 0.949. The summed E-state index contributed by atoms with van der Waals surface area (Å²) in [6, 6.07) is 16.2. The summed E-state index contributed by atoms with van der Waals surface area (Å²) < 4.78 is 0. The molecule has 0 radical (unpaired) electrons. The second-order valence-corrected chi connectivity index (χ2v) is 6.41. The predicted octanol–water partition coefficient (Wildman–Crippen LogP) is 6.91. The molecule has 0 aliphatic carbocycles. The quantitative estimate of drug-likeness (QED) is 0.499. The number of phenols is 1. The van der Waals surface area contributed by atoms with Gasteiger partial charge in [0.2, 0.25) is 0 Å². The number of benzene rings is 2. The lowest BCUT2D eigenvalue weighted by Crippen LogP contribution is -2.00. The molecule has 0 heterocycles. The molecule has 0 spiro atoms. The molecule has 0 aromatic heterocycles. The second-order valence-electron chi connectivity index (χ2n) is 6.41. The van der Waals surface area contributed by atoms with Crippen molar-refractivity contribution in [2.45, 2.75) is 64.7 Å². The van der Waals surface area contributed by atoms with Crippen LogP contribution < -0.4 is 0 Å². The van der Waals surface area contributed by atoms with Crippen LogP contribution in [0.1, 0.15) is 70.3 Å². The van der Waals surface area contributed by atoms with Crippen molar-refractivity contribution in [1.82, 2.24) is 0 Å². The zero-order chi connectivity index (χ0) is 16.5. The molecule has 0 aliphatic rings. The fourth-order valence-corrected chi connectivity index (χ4v) is 3.37. The molecule has 2 aromatic rings. The molecule has 2 rings (SSSR count). The Bertz CT molecular complexity index is 588. The molecule has 23 heavy (non-hydrogen) atoms. The molecule has 0 amide bonds. The Labute approximate surface area is 141 Å². The highest BCUT2D eigenvalue weighted by molar-refractivity contribution is 5.73. The molecular weight excluding hydrogens is 280 g/mol. The van der Waals surface area contributed by atoms with Crippen LogP contribution in [0.4, 0.5) is 0 Å². The normalized spacial score (nSPS) is 12.3. The van der Waals surface area contributed by atoms with Crippen molar-refractivity contribution in [1.29, 1.82) is 0 Å². The molecule has 1 nitrogen and oxygen atoms in total. The van der Waals surface area contributed by atoms with Crippen LogP contribution in [-0.4, -0.2) is 5.11 Å². The van der Waals surface area contributed by atoms with Gasteiger partial charge >= 0.3 is 0 Å². The van der Waals surface area contributed by atoms with Gasteiger partial charge in [-0.05, 0) is 36.0 Å². The SMILES string of the molecule is CCCCCCCC(CC)c1ccccc1-c1ccccc1O. The molecule has 1 heteroatoms. The summed E-state index contributed by atoms with van der Waals surface area (Å²) in [6.07, 6.45) is 9.03. The van der Waals surface area contributed by atoms with Crippen molar-refractivity contribution in [3.05, 3.63) is 54.1 Å². The molecule has 1 unspecified atom stereocenters. The van der Waals surface area contributed by atoms with E-state index in [0.717, 1.165) is 12.0 Å². The maximum Gasteiger partial charge on any atom is 0.123 e. The standard InChI is InChI=1S/C22H30O/c1-3-5-6-7-8-13-18(4-2)19-14-9-10-15-20(19)21-16-11-12-17-22(21)23/h9-12,14-18,23H,3-8,13H2,1-2H3. The van der Waals surface area contributed by atoms with Gasteiger partial charge in [0.25, 0.3) is 0 Å². The highest BCUT2D eigenvalue weighted by Gasteiger charge is 2.15. The predicted molar refractivity (Wildman–Crippen MR) is 100.0 cm³/mol. The van der Waals surface area contributed by atoms with E-state index in [0.29, 0.717) is 11.7 Å². The van der Waals surface area contributed by atoms with Crippen LogP contribution in [0.3, 0.4) is 0 Å². The van der Waals surface area contributed by atoms with Gasteiger partial charge in [-0.15, -0.1) is 0 Å². The highest BCUT2D eigenvalue weighted by atomic mass is 16.3. The first kappa shape index (κ1) is 17.6. The molecular formula is C22H30O. The Morgan fingerprint density at radius 3 is 2.13 bits per heavy atom. The molecule has 1 atom stereocenters. The zero-order valence-corrected chi connectivity index (χ0v) is 14.6. The summed E-state index contributed by atoms with van der Waals surface area (Å²) in [7, 11) is 0. The van der Waals surface area contributed by atoms with Gasteiger partial charge < -0.3 is 5.11 Å². The van der Waals surface area contributed by atoms with Crippen molar-refractivity contribution in [3.8, 4) is 16.9 Å². The molecule has 0 aliphatic heterocycles. The first-order valence-electron chi connectivity index (χ1n) is 9.15. The first-order chi connectivity index (χ1) is 11.3. The lowest BCUT2D eigenvalue weighted by molar-refractivity contribution is 0.477. The molecule has 124 valence electrons. The Balaban J connectivity index is 2.16. The van der Waals surface area contributed by atoms with Crippen molar-refractivity contribution in [2.24, 2.45) is 0 Å². The fraction of sp³-hybridized carbons (Fsp3) is 0.455. The summed E-state index contributed by atoms with van der Waals surface area (Å²) in [5.41, 5.74) is 3.52. The smallest absolute Gasteiger partial charge is 0.123 e. The van der Waals surface area contributed by atoms with E-state index in [1.807, 2.05) is 18.2 Å². The first-order valence-corrected chi connectivity index (χ1v) is 9.15. The summed E-state index contributed by atoms with van der Waals surface area (Å²) in [6.45, 7) is 4.54. The van der Waals surface area contributed by atoms with E-state index in [-0.39, 0.29) is 0 Å². The Hall–Kier alpha value is -1.76. The Morgan fingerprint density at radius 1 is 0.783 bits per heavy atom. The van der Waals surface area contributed by atoms with Crippen molar-refractivity contribution in [2.75, 3.05) is 0 Å². The molecule has 0 fully saturated rings. The Morgan fingerprint density at radius 2 is 1.43 bits per heavy atom. The largest absolute Gasteiger partial charge is 0.507 e. The van der Waals surface area contributed by atoms with Crippen molar-refractivity contribution >= 4 is 0 Å². The summed E-state index contributed by atoms with van der Waals surface area (Å²) >= 11 is 0. The lowest BCUT2D eigenvalue weighted by Gasteiger charge is -2.20. The maximum atomic E-state index is 10.2. The molecule has 1 N–H and O–H groups in total. The molecule has 0 bridgehead atoms. The van der Waals surface area contributed by atoms with E-state index >= 15 is 0 Å². The number of unbranched alkanes of at least 4 members (excludes halogenated alkanes) is 4. The van der Waals surface area contributed by atoms with E-state index in [2.05, 4.69) is 38.1 Å². The Kier molecular flexibility index (Phi) is 7.19. The van der Waals surface area contributed by atoms with E-state index in [1.54, 1.807) is 6.07 Å². The minimum absolute atomic E-state index is 0.373. The van der Waals surface area contributed by atoms with E-state index in [4.69, 9.17) is 0 Å². The van der Waals surface area contributed by atoms with Crippen molar-refractivity contribution in [3.63, 3.8) is 0 Å². The number of para-hydroxylation sites is 1. The minimum Gasteiger partial charge on any atom is -0.507 e. The topological polar surface area (TPSA) is 20.2 Å². The number of hydrogen-bond donors (Lipinski definition) is 1. The number of phenolic OH excluding ortho intramolecular Hbond substituents is 1. The second kappa shape index (κ2) is 9.39. The molecule has 0 saturated heterocycles.